The maximum absolute atomic E-state index is 12.6. The monoisotopic (exact) mass is 350 g/mol. The number of urea groups is 1. The van der Waals surface area contributed by atoms with Crippen LogP contribution in [0.1, 0.15) is 32.3 Å². The number of esters is 1. The molecule has 2 amide bonds. The molecule has 1 N–H and O–H groups in total. The van der Waals surface area contributed by atoms with Gasteiger partial charge >= 0.3 is 12.0 Å². The molecule has 0 saturated heterocycles. The third kappa shape index (κ3) is 4.90. The molecule has 1 atom stereocenters. The zero-order valence-corrected chi connectivity index (χ0v) is 15.6. The van der Waals surface area contributed by atoms with Gasteiger partial charge in [-0.1, -0.05) is 30.3 Å². The minimum atomic E-state index is -0.704. The van der Waals surface area contributed by atoms with Gasteiger partial charge in [0.15, 0.2) is 0 Å². The third-order valence-corrected chi connectivity index (χ3v) is 5.65. The van der Waals surface area contributed by atoms with Crippen molar-refractivity contribution in [3.05, 3.63) is 35.9 Å². The van der Waals surface area contributed by atoms with Gasteiger partial charge in [-0.2, -0.15) is 11.8 Å². The molecule has 1 aliphatic rings. The Morgan fingerprint density at radius 1 is 1.33 bits per heavy atom. The fraction of sp³-hybridized carbons (Fsp3) is 0.556. The normalized spacial score (nSPS) is 15.5. The van der Waals surface area contributed by atoms with Crippen LogP contribution >= 0.6 is 11.8 Å². The van der Waals surface area contributed by atoms with Crippen molar-refractivity contribution in [1.82, 2.24) is 10.2 Å². The third-order valence-electron chi connectivity index (χ3n) is 4.36. The lowest BCUT2D eigenvalue weighted by Gasteiger charge is -2.33. The highest BCUT2D eigenvalue weighted by atomic mass is 32.2. The highest BCUT2D eigenvalue weighted by molar-refractivity contribution is 8.00. The quantitative estimate of drug-likeness (QED) is 0.768. The lowest BCUT2D eigenvalue weighted by molar-refractivity contribution is -0.148. The number of hydrogen-bond donors (Lipinski definition) is 1. The van der Waals surface area contributed by atoms with Crippen molar-refractivity contribution >= 4 is 23.8 Å². The molecule has 2 rings (SSSR count). The second-order valence-corrected chi connectivity index (χ2v) is 8.09. The fourth-order valence-electron chi connectivity index (χ4n) is 2.30. The molecule has 6 heteroatoms. The minimum absolute atomic E-state index is 0.203. The molecule has 1 aromatic rings. The molecule has 0 radical (unpaired) electrons. The van der Waals surface area contributed by atoms with Gasteiger partial charge in [0.05, 0.1) is 0 Å². The van der Waals surface area contributed by atoms with E-state index in [-0.39, 0.29) is 12.6 Å². The zero-order valence-electron chi connectivity index (χ0n) is 14.7. The summed E-state index contributed by atoms with van der Waals surface area (Å²) in [7, 11) is 1.77. The second kappa shape index (κ2) is 7.92. The van der Waals surface area contributed by atoms with Gasteiger partial charge in [-0.25, -0.2) is 9.59 Å². The van der Waals surface area contributed by atoms with E-state index in [0.717, 1.165) is 18.4 Å². The number of nitrogens with one attached hydrogen (secondary N) is 1. The van der Waals surface area contributed by atoms with Gasteiger partial charge in [-0.05, 0) is 38.5 Å². The van der Waals surface area contributed by atoms with Gasteiger partial charge in [-0.15, -0.1) is 0 Å². The maximum atomic E-state index is 12.6. The van der Waals surface area contributed by atoms with Gasteiger partial charge in [-0.3, -0.25) is 0 Å². The van der Waals surface area contributed by atoms with Crippen molar-refractivity contribution in [2.75, 3.05) is 13.3 Å². The number of benzene rings is 1. The van der Waals surface area contributed by atoms with Crippen molar-refractivity contribution in [1.29, 1.82) is 0 Å². The molecule has 0 spiro atoms. The number of carbonyl (C=O) groups excluding carboxylic acids is 2. The Bertz CT molecular complexity index is 573. The van der Waals surface area contributed by atoms with Crippen LogP contribution in [0.25, 0.3) is 0 Å². The van der Waals surface area contributed by atoms with Gasteiger partial charge in [0, 0.05) is 17.8 Å². The first kappa shape index (κ1) is 18.6. The zero-order chi connectivity index (χ0) is 17.7. The van der Waals surface area contributed by atoms with Crippen molar-refractivity contribution in [3.63, 3.8) is 0 Å². The Kier molecular flexibility index (Phi) is 6.15. The Morgan fingerprint density at radius 3 is 2.50 bits per heavy atom. The number of carbonyl (C=O) groups is 2. The highest BCUT2D eigenvalue weighted by Gasteiger charge is 2.39. The van der Waals surface area contributed by atoms with Gasteiger partial charge in [0.2, 0.25) is 0 Å². The standard InChI is InChI=1S/C18H26N2O3S/c1-18(2,24-4)15(19-17(22)20(3)14-10-11-14)16(21)23-12-13-8-6-5-7-9-13/h5-9,14-15H,10-12H2,1-4H3,(H,19,22)/t15-/m1/s1. The summed E-state index contributed by atoms with van der Waals surface area (Å²) in [6.45, 7) is 4.07. The molecular weight excluding hydrogens is 324 g/mol. The van der Waals surface area contributed by atoms with E-state index >= 15 is 0 Å². The summed E-state index contributed by atoms with van der Waals surface area (Å²) >= 11 is 1.53. The molecule has 0 aliphatic heterocycles. The van der Waals surface area contributed by atoms with E-state index in [4.69, 9.17) is 4.74 Å². The second-order valence-electron chi connectivity index (χ2n) is 6.63. The molecule has 0 unspecified atom stereocenters. The van der Waals surface area contributed by atoms with Crippen molar-refractivity contribution in [2.45, 2.75) is 50.1 Å². The Morgan fingerprint density at radius 2 is 1.96 bits per heavy atom. The van der Waals surface area contributed by atoms with E-state index in [1.54, 1.807) is 11.9 Å². The summed E-state index contributed by atoms with van der Waals surface area (Å²) in [4.78, 5) is 26.6. The van der Waals surface area contributed by atoms with E-state index in [0.29, 0.717) is 6.04 Å². The van der Waals surface area contributed by atoms with Crippen molar-refractivity contribution in [2.24, 2.45) is 0 Å². The molecular formula is C18H26N2O3S. The van der Waals surface area contributed by atoms with Crippen LogP contribution in [0.15, 0.2) is 30.3 Å². The predicted octanol–water partition coefficient (Wildman–Crippen LogP) is 3.04. The molecule has 132 valence electrons. The van der Waals surface area contributed by atoms with Crippen LogP contribution in [-0.4, -0.2) is 47.0 Å². The van der Waals surface area contributed by atoms with Crippen molar-refractivity contribution in [3.8, 4) is 0 Å². The van der Waals surface area contributed by atoms with Crippen LogP contribution in [-0.2, 0) is 16.1 Å². The topological polar surface area (TPSA) is 58.6 Å². The summed E-state index contributed by atoms with van der Waals surface area (Å²) < 4.78 is 4.99. The molecule has 1 aliphatic carbocycles. The van der Waals surface area contributed by atoms with Crippen LogP contribution in [0.3, 0.4) is 0 Å². The number of nitrogens with zero attached hydrogens (tertiary/aromatic N) is 1. The minimum Gasteiger partial charge on any atom is -0.459 e. The molecule has 1 aromatic carbocycles. The number of thioether (sulfide) groups is 1. The summed E-state index contributed by atoms with van der Waals surface area (Å²) in [6.07, 6.45) is 3.98. The number of rotatable bonds is 7. The maximum Gasteiger partial charge on any atom is 0.330 e. The van der Waals surface area contributed by atoms with Crippen LogP contribution < -0.4 is 5.32 Å². The molecule has 1 saturated carbocycles. The Hall–Kier alpha value is -1.69. The molecule has 24 heavy (non-hydrogen) atoms. The average Bonchev–Trinajstić information content (AvgIpc) is 3.42. The van der Waals surface area contributed by atoms with Crippen LogP contribution in [0, 0.1) is 0 Å². The largest absolute Gasteiger partial charge is 0.459 e. The molecule has 0 bridgehead atoms. The Balaban J connectivity index is 2.01. The van der Waals surface area contributed by atoms with Crippen molar-refractivity contribution < 1.29 is 14.3 Å². The van der Waals surface area contributed by atoms with Crippen LogP contribution in [0.5, 0.6) is 0 Å². The summed E-state index contributed by atoms with van der Waals surface area (Å²) in [5.41, 5.74) is 0.924. The van der Waals surface area contributed by atoms with E-state index < -0.39 is 16.8 Å². The fourth-order valence-corrected chi connectivity index (χ4v) is 2.69. The van der Waals surface area contributed by atoms with E-state index in [2.05, 4.69) is 5.32 Å². The lowest BCUT2D eigenvalue weighted by Crippen LogP contribution is -2.56. The van der Waals surface area contributed by atoms with E-state index in [1.165, 1.54) is 11.8 Å². The predicted molar refractivity (Wildman–Crippen MR) is 96.9 cm³/mol. The summed E-state index contributed by atoms with van der Waals surface area (Å²) in [5, 5.41) is 2.86. The highest BCUT2D eigenvalue weighted by Crippen LogP contribution is 2.28. The first-order valence-corrected chi connectivity index (χ1v) is 9.36. The van der Waals surface area contributed by atoms with E-state index in [1.807, 2.05) is 50.4 Å². The molecule has 0 heterocycles. The van der Waals surface area contributed by atoms with Gasteiger partial charge in [0.25, 0.3) is 0 Å². The smallest absolute Gasteiger partial charge is 0.330 e. The van der Waals surface area contributed by atoms with E-state index in [9.17, 15) is 9.59 Å². The molecule has 5 nitrogen and oxygen atoms in total. The summed E-state index contributed by atoms with van der Waals surface area (Å²) in [5.74, 6) is -0.407. The van der Waals surface area contributed by atoms with Gasteiger partial charge < -0.3 is 15.0 Å². The van der Waals surface area contributed by atoms with Gasteiger partial charge in [0.1, 0.15) is 12.6 Å². The first-order valence-electron chi connectivity index (χ1n) is 8.14. The summed E-state index contributed by atoms with van der Waals surface area (Å²) in [6, 6.07) is 8.90. The lowest BCUT2D eigenvalue weighted by atomic mass is 10.0. The number of ether oxygens (including phenoxy) is 1. The number of hydrogen-bond acceptors (Lipinski definition) is 4. The SMILES string of the molecule is CSC(C)(C)[C@H](NC(=O)N(C)C1CC1)C(=O)OCc1ccccc1. The molecule has 0 aromatic heterocycles. The van der Waals surface area contributed by atoms with Crippen LogP contribution in [0.2, 0.25) is 0 Å². The molecule has 1 fully saturated rings. The Labute approximate surface area is 148 Å². The number of amides is 2. The van der Waals surface area contributed by atoms with Crippen LogP contribution in [0.4, 0.5) is 4.79 Å². The average molecular weight is 350 g/mol. The first-order chi connectivity index (χ1) is 11.3.